The largest absolute Gasteiger partial charge is 0.495 e. The molecule has 0 aromatic heterocycles. The third kappa shape index (κ3) is 6.35. The lowest BCUT2D eigenvalue weighted by Gasteiger charge is -2.34. The highest BCUT2D eigenvalue weighted by atomic mass is 32.2. The number of para-hydroxylation sites is 2. The molecule has 1 N–H and O–H groups in total. The quantitative estimate of drug-likeness (QED) is 0.605. The van der Waals surface area contributed by atoms with Gasteiger partial charge in [-0.2, -0.15) is 0 Å². The monoisotopic (exact) mass is 499 g/mol. The van der Waals surface area contributed by atoms with Crippen LogP contribution in [0.2, 0.25) is 0 Å². The van der Waals surface area contributed by atoms with Crippen LogP contribution < -0.4 is 9.46 Å². The molecule has 2 aliphatic rings. The van der Waals surface area contributed by atoms with E-state index in [1.165, 1.54) is 51.9 Å². The number of likely N-dealkylation sites (tertiary alicyclic amines) is 2. The third-order valence-electron chi connectivity index (χ3n) is 7.19. The van der Waals surface area contributed by atoms with Gasteiger partial charge in [0.25, 0.3) is 15.9 Å². The van der Waals surface area contributed by atoms with Gasteiger partial charge in [0.15, 0.2) is 0 Å². The Hall–Kier alpha value is -2.58. The molecule has 35 heavy (non-hydrogen) atoms. The number of aryl methyl sites for hydroxylation is 1. The van der Waals surface area contributed by atoms with E-state index in [1.54, 1.807) is 43.3 Å². The number of rotatable bonds is 7. The van der Waals surface area contributed by atoms with Gasteiger partial charge in [-0.05, 0) is 81.4 Å². The van der Waals surface area contributed by atoms with E-state index in [-0.39, 0.29) is 10.8 Å². The second-order valence-electron chi connectivity index (χ2n) is 9.74. The van der Waals surface area contributed by atoms with Gasteiger partial charge in [0.1, 0.15) is 5.75 Å². The van der Waals surface area contributed by atoms with Crippen LogP contribution in [0.4, 0.5) is 5.69 Å². The average molecular weight is 500 g/mol. The molecule has 2 fully saturated rings. The first-order valence-electron chi connectivity index (χ1n) is 12.7. The van der Waals surface area contributed by atoms with E-state index >= 15 is 0 Å². The van der Waals surface area contributed by atoms with E-state index in [0.717, 1.165) is 19.4 Å². The molecule has 2 saturated heterocycles. The highest BCUT2D eigenvalue weighted by molar-refractivity contribution is 7.92. The number of hydrogen-bond acceptors (Lipinski definition) is 5. The fourth-order valence-corrected chi connectivity index (χ4v) is 6.48. The second-order valence-corrected chi connectivity index (χ2v) is 11.4. The maximum Gasteiger partial charge on any atom is 0.262 e. The number of amides is 1. The van der Waals surface area contributed by atoms with Crippen LogP contribution in [-0.2, 0) is 10.0 Å². The Balaban J connectivity index is 1.42. The number of anilines is 1. The lowest BCUT2D eigenvalue weighted by Crippen LogP contribution is -2.41. The van der Waals surface area contributed by atoms with Crippen molar-refractivity contribution in [3.05, 3.63) is 53.6 Å². The molecule has 0 radical (unpaired) electrons. The van der Waals surface area contributed by atoms with Gasteiger partial charge in [0, 0.05) is 25.2 Å². The molecule has 7 nitrogen and oxygen atoms in total. The van der Waals surface area contributed by atoms with Crippen molar-refractivity contribution in [2.45, 2.75) is 50.3 Å². The summed E-state index contributed by atoms with van der Waals surface area (Å²) in [6, 6.07) is 11.8. The van der Waals surface area contributed by atoms with Gasteiger partial charge in [0.05, 0.1) is 17.7 Å². The number of benzene rings is 2. The van der Waals surface area contributed by atoms with E-state index in [1.807, 2.05) is 4.90 Å². The molecule has 0 spiro atoms. The Kier molecular flexibility index (Phi) is 8.34. The van der Waals surface area contributed by atoms with E-state index in [0.29, 0.717) is 41.6 Å². The molecule has 2 aromatic carbocycles. The van der Waals surface area contributed by atoms with Gasteiger partial charge >= 0.3 is 0 Å². The maximum absolute atomic E-state index is 13.3. The molecule has 8 heteroatoms. The zero-order valence-corrected chi connectivity index (χ0v) is 21.6. The number of carbonyl (C=O) groups is 1. The van der Waals surface area contributed by atoms with E-state index in [4.69, 9.17) is 4.74 Å². The number of ether oxygens (including phenoxy) is 1. The number of nitrogens with zero attached hydrogens (tertiary/aromatic N) is 2. The Morgan fingerprint density at radius 2 is 1.69 bits per heavy atom. The first-order chi connectivity index (χ1) is 16.9. The first kappa shape index (κ1) is 25.5. The Morgan fingerprint density at radius 3 is 2.37 bits per heavy atom. The Bertz CT molecular complexity index is 1120. The first-order valence-corrected chi connectivity index (χ1v) is 14.1. The molecule has 0 saturated carbocycles. The molecule has 2 aromatic rings. The van der Waals surface area contributed by atoms with Gasteiger partial charge in [-0.15, -0.1) is 0 Å². The van der Waals surface area contributed by atoms with Crippen molar-refractivity contribution < 1.29 is 17.9 Å². The van der Waals surface area contributed by atoms with Gasteiger partial charge in [0.2, 0.25) is 0 Å². The topological polar surface area (TPSA) is 78.9 Å². The molecule has 0 bridgehead atoms. The normalized spacial score (nSPS) is 18.2. The molecular weight excluding hydrogens is 462 g/mol. The third-order valence-corrected chi connectivity index (χ3v) is 8.70. The maximum atomic E-state index is 13.3. The summed E-state index contributed by atoms with van der Waals surface area (Å²) >= 11 is 0. The fourth-order valence-electron chi connectivity index (χ4n) is 5.14. The molecular formula is C27H37N3O4S. The van der Waals surface area contributed by atoms with Gasteiger partial charge in [-0.1, -0.05) is 31.0 Å². The number of piperidine rings is 1. The highest BCUT2D eigenvalue weighted by Gasteiger charge is 2.27. The van der Waals surface area contributed by atoms with Crippen LogP contribution in [0.25, 0.3) is 0 Å². The Labute approximate surface area is 209 Å². The van der Waals surface area contributed by atoms with Crippen molar-refractivity contribution in [1.29, 1.82) is 0 Å². The molecule has 2 aliphatic heterocycles. The molecule has 4 rings (SSSR count). The number of sulfonamides is 1. The predicted molar refractivity (Wildman–Crippen MR) is 139 cm³/mol. The minimum Gasteiger partial charge on any atom is -0.495 e. The molecule has 190 valence electrons. The summed E-state index contributed by atoms with van der Waals surface area (Å²) in [6.45, 7) is 6.69. The molecule has 1 amide bonds. The molecule has 0 atom stereocenters. The number of hydrogen-bond donors (Lipinski definition) is 1. The van der Waals surface area contributed by atoms with Crippen LogP contribution >= 0.6 is 0 Å². The summed E-state index contributed by atoms with van der Waals surface area (Å²) in [7, 11) is -2.40. The average Bonchev–Trinajstić information content (AvgIpc) is 3.13. The lowest BCUT2D eigenvalue weighted by atomic mass is 9.95. The lowest BCUT2D eigenvalue weighted by molar-refractivity contribution is 0.0667. The zero-order chi connectivity index (χ0) is 24.8. The van der Waals surface area contributed by atoms with E-state index in [2.05, 4.69) is 9.62 Å². The number of nitrogens with one attached hydrogen (secondary N) is 1. The van der Waals surface area contributed by atoms with Crippen molar-refractivity contribution in [3.8, 4) is 5.75 Å². The van der Waals surface area contributed by atoms with Crippen molar-refractivity contribution in [3.63, 3.8) is 0 Å². The highest BCUT2D eigenvalue weighted by Crippen LogP contribution is 2.28. The van der Waals surface area contributed by atoms with E-state index < -0.39 is 10.0 Å². The smallest absolute Gasteiger partial charge is 0.262 e. The second kappa shape index (κ2) is 11.4. The summed E-state index contributed by atoms with van der Waals surface area (Å²) in [6.07, 6.45) is 7.26. The number of methoxy groups -OCH3 is 1. The van der Waals surface area contributed by atoms with Crippen molar-refractivity contribution >= 4 is 21.6 Å². The van der Waals surface area contributed by atoms with Crippen molar-refractivity contribution in [1.82, 2.24) is 9.80 Å². The summed E-state index contributed by atoms with van der Waals surface area (Å²) < 4.78 is 34.3. The zero-order valence-electron chi connectivity index (χ0n) is 20.8. The van der Waals surface area contributed by atoms with Crippen LogP contribution in [0.5, 0.6) is 5.75 Å². The summed E-state index contributed by atoms with van der Waals surface area (Å²) in [5.41, 5.74) is 1.35. The van der Waals surface area contributed by atoms with Gasteiger partial charge < -0.3 is 14.5 Å². The van der Waals surface area contributed by atoms with Crippen LogP contribution in [0, 0.1) is 12.8 Å². The number of carbonyl (C=O) groups excluding carboxylic acids is 1. The van der Waals surface area contributed by atoms with Gasteiger partial charge in [-0.25, -0.2) is 8.42 Å². The summed E-state index contributed by atoms with van der Waals surface area (Å²) in [4.78, 5) is 17.8. The van der Waals surface area contributed by atoms with Crippen LogP contribution in [-0.4, -0.2) is 64.0 Å². The Morgan fingerprint density at radius 1 is 1.00 bits per heavy atom. The molecule has 0 aliphatic carbocycles. The minimum absolute atomic E-state index is 0.102. The van der Waals surface area contributed by atoms with E-state index in [9.17, 15) is 13.2 Å². The standard InChI is InChI=1S/C27H37N3O4S/c1-21-11-12-23(19-26(21)35(32,33)28-24-9-5-6-10-25(24)34-2)27(31)30-17-13-22(14-18-30)20-29-15-7-3-4-8-16-29/h5-6,9-12,19,22,28H,3-4,7-8,13-18,20H2,1-2H3. The predicted octanol–water partition coefficient (Wildman–Crippen LogP) is 4.53. The van der Waals surface area contributed by atoms with Crippen LogP contribution in [0.3, 0.4) is 0 Å². The summed E-state index contributed by atoms with van der Waals surface area (Å²) in [5.74, 6) is 0.951. The summed E-state index contributed by atoms with van der Waals surface area (Å²) in [5, 5.41) is 0. The molecule has 0 unspecified atom stereocenters. The minimum atomic E-state index is -3.90. The fraction of sp³-hybridized carbons (Fsp3) is 0.519. The van der Waals surface area contributed by atoms with Crippen LogP contribution in [0.1, 0.15) is 54.4 Å². The van der Waals surface area contributed by atoms with Gasteiger partial charge in [-0.3, -0.25) is 9.52 Å². The SMILES string of the molecule is COc1ccccc1NS(=O)(=O)c1cc(C(=O)N2CCC(CN3CCCCCC3)CC2)ccc1C. The van der Waals surface area contributed by atoms with Crippen LogP contribution in [0.15, 0.2) is 47.4 Å². The van der Waals surface area contributed by atoms with Crippen molar-refractivity contribution in [2.75, 3.05) is 44.6 Å². The van der Waals surface area contributed by atoms with Crippen molar-refractivity contribution in [2.24, 2.45) is 5.92 Å². The molecule has 2 heterocycles.